The number of amides is 1. The molecule has 0 aliphatic heterocycles. The highest BCUT2D eigenvalue weighted by molar-refractivity contribution is 5.83. The van der Waals surface area contributed by atoms with Gasteiger partial charge in [-0.25, -0.2) is 14.2 Å². The molecule has 0 bridgehead atoms. The second kappa shape index (κ2) is 9.37. The fourth-order valence-corrected chi connectivity index (χ4v) is 2.78. The molecule has 9 heteroatoms. The summed E-state index contributed by atoms with van der Waals surface area (Å²) in [6.07, 6.45) is -0.851. The van der Waals surface area contributed by atoms with Gasteiger partial charge in [-0.3, -0.25) is 19.5 Å². The Bertz CT molecular complexity index is 1150. The Morgan fingerprint density at radius 3 is 2.10 bits per heavy atom. The van der Waals surface area contributed by atoms with Gasteiger partial charge in [0.2, 0.25) is 0 Å². The van der Waals surface area contributed by atoms with E-state index in [1.165, 1.54) is 0 Å². The van der Waals surface area contributed by atoms with Crippen molar-refractivity contribution in [3.63, 3.8) is 0 Å². The van der Waals surface area contributed by atoms with E-state index in [1.54, 1.807) is 54.6 Å². The minimum atomic E-state index is -1.33. The molecule has 1 heterocycles. The van der Waals surface area contributed by atoms with Gasteiger partial charge in [0.15, 0.2) is 0 Å². The first-order valence-electron chi connectivity index (χ1n) is 9.02. The van der Waals surface area contributed by atoms with Crippen molar-refractivity contribution in [1.29, 1.82) is 0 Å². The quantitative estimate of drug-likeness (QED) is 0.615. The molecular formula is C21H19N3O6. The molecule has 3 rings (SSSR count). The molecule has 0 aliphatic carbocycles. The Morgan fingerprint density at radius 2 is 1.50 bits per heavy atom. The van der Waals surface area contributed by atoms with Gasteiger partial charge in [0.05, 0.1) is 6.54 Å². The predicted octanol–water partition coefficient (Wildman–Crippen LogP) is 1.89. The Morgan fingerprint density at radius 1 is 0.900 bits per heavy atom. The molecule has 0 fully saturated rings. The van der Waals surface area contributed by atoms with Crippen LogP contribution >= 0.6 is 0 Å². The predicted molar refractivity (Wildman–Crippen MR) is 108 cm³/mol. The Labute approximate surface area is 170 Å². The first-order valence-corrected chi connectivity index (χ1v) is 9.02. The smallest absolute Gasteiger partial charge is 0.413 e. The molecule has 2 N–H and O–H groups in total. The number of hydrogen-bond acceptors (Lipinski definition) is 5. The minimum Gasteiger partial charge on any atom is -0.480 e. The van der Waals surface area contributed by atoms with Gasteiger partial charge in [0, 0.05) is 6.07 Å². The number of carbonyl (C=O) groups is 2. The van der Waals surface area contributed by atoms with Crippen LogP contribution in [0.1, 0.15) is 11.1 Å². The van der Waals surface area contributed by atoms with Crippen molar-refractivity contribution in [2.24, 2.45) is 0 Å². The summed E-state index contributed by atoms with van der Waals surface area (Å²) in [7, 11) is 0. The third kappa shape index (κ3) is 5.22. The van der Waals surface area contributed by atoms with Gasteiger partial charge in [-0.05, 0) is 11.1 Å². The number of carbonyl (C=O) groups excluding carboxylic acids is 1. The van der Waals surface area contributed by atoms with E-state index in [1.807, 2.05) is 6.07 Å². The number of aromatic nitrogens is 2. The molecule has 1 amide bonds. The number of aliphatic carboxylic acids is 1. The number of anilines is 1. The molecule has 9 nitrogen and oxygen atoms in total. The monoisotopic (exact) mass is 409 g/mol. The fourth-order valence-electron chi connectivity index (χ4n) is 2.78. The van der Waals surface area contributed by atoms with Crippen LogP contribution in [0, 0.1) is 0 Å². The third-order valence-electron chi connectivity index (χ3n) is 4.20. The summed E-state index contributed by atoms with van der Waals surface area (Å²) in [5.41, 5.74) is -0.204. The molecule has 0 saturated carbocycles. The summed E-state index contributed by atoms with van der Waals surface area (Å²) in [6, 6.07) is 18.9. The first kappa shape index (κ1) is 20.6. The lowest BCUT2D eigenvalue weighted by atomic mass is 10.2. The van der Waals surface area contributed by atoms with Crippen molar-refractivity contribution in [3.8, 4) is 0 Å². The van der Waals surface area contributed by atoms with Gasteiger partial charge >= 0.3 is 17.8 Å². The van der Waals surface area contributed by atoms with E-state index in [-0.39, 0.29) is 19.0 Å². The van der Waals surface area contributed by atoms with Crippen molar-refractivity contribution >= 4 is 17.9 Å². The molecule has 0 atom stereocenters. The van der Waals surface area contributed by atoms with Crippen LogP contribution in [0.2, 0.25) is 0 Å². The molecule has 154 valence electrons. The highest BCUT2D eigenvalue weighted by Gasteiger charge is 2.16. The van der Waals surface area contributed by atoms with E-state index >= 15 is 0 Å². The molecule has 0 radical (unpaired) electrons. The number of nitrogens with one attached hydrogen (secondary N) is 1. The van der Waals surface area contributed by atoms with Gasteiger partial charge in [-0.15, -0.1) is 0 Å². The lowest BCUT2D eigenvalue weighted by molar-refractivity contribution is -0.137. The zero-order chi connectivity index (χ0) is 21.5. The van der Waals surface area contributed by atoms with E-state index in [2.05, 4.69) is 5.32 Å². The van der Waals surface area contributed by atoms with Gasteiger partial charge in [-0.1, -0.05) is 60.7 Å². The number of benzene rings is 2. The van der Waals surface area contributed by atoms with Crippen molar-refractivity contribution in [1.82, 2.24) is 9.13 Å². The maximum Gasteiger partial charge on any atom is 0.413 e. The molecule has 30 heavy (non-hydrogen) atoms. The van der Waals surface area contributed by atoms with Crippen molar-refractivity contribution in [2.75, 3.05) is 5.32 Å². The molecule has 3 aromatic rings. The van der Waals surface area contributed by atoms with Crippen molar-refractivity contribution < 1.29 is 19.4 Å². The second-order valence-corrected chi connectivity index (χ2v) is 6.39. The lowest BCUT2D eigenvalue weighted by Gasteiger charge is -2.15. The third-order valence-corrected chi connectivity index (χ3v) is 4.20. The van der Waals surface area contributed by atoms with Crippen LogP contribution in [0.3, 0.4) is 0 Å². The van der Waals surface area contributed by atoms with Gasteiger partial charge < -0.3 is 9.84 Å². The van der Waals surface area contributed by atoms with Crippen LogP contribution in [-0.4, -0.2) is 26.3 Å². The van der Waals surface area contributed by atoms with Crippen LogP contribution < -0.4 is 16.6 Å². The standard InChI is InChI=1S/C21H19N3O6/c25-18-11-17(22-20(28)30-14-16-9-5-2-6-10-16)23(12-15-7-3-1-4-8-15)21(29)24(18)13-19(26)27/h1-11H,12-14H2,(H,22,28)(H,26,27). The summed E-state index contributed by atoms with van der Waals surface area (Å²) in [6.45, 7) is -0.759. The van der Waals surface area contributed by atoms with E-state index in [4.69, 9.17) is 9.84 Å². The van der Waals surface area contributed by atoms with Crippen LogP contribution in [0.25, 0.3) is 0 Å². The lowest BCUT2D eigenvalue weighted by Crippen LogP contribution is -2.42. The minimum absolute atomic E-state index is 0.00563. The summed E-state index contributed by atoms with van der Waals surface area (Å²) in [5.74, 6) is -1.42. The van der Waals surface area contributed by atoms with Gasteiger partial charge in [0.25, 0.3) is 5.56 Å². The van der Waals surface area contributed by atoms with Gasteiger partial charge in [-0.2, -0.15) is 0 Å². The summed E-state index contributed by atoms with van der Waals surface area (Å²) >= 11 is 0. The SMILES string of the molecule is O=C(O)Cn1c(=O)cc(NC(=O)OCc2ccccc2)n(Cc2ccccc2)c1=O. The van der Waals surface area contributed by atoms with Crippen LogP contribution in [0.5, 0.6) is 0 Å². The maximum absolute atomic E-state index is 12.8. The Hall–Kier alpha value is -4.14. The Balaban J connectivity index is 1.89. The van der Waals surface area contributed by atoms with E-state index < -0.39 is 29.9 Å². The maximum atomic E-state index is 12.8. The van der Waals surface area contributed by atoms with Crippen LogP contribution in [-0.2, 0) is 29.2 Å². The van der Waals surface area contributed by atoms with Crippen molar-refractivity contribution in [3.05, 3.63) is 98.7 Å². The topological polar surface area (TPSA) is 120 Å². The van der Waals surface area contributed by atoms with Crippen LogP contribution in [0.15, 0.2) is 76.3 Å². The summed E-state index contributed by atoms with van der Waals surface area (Å²) in [4.78, 5) is 48.3. The largest absolute Gasteiger partial charge is 0.480 e. The molecule has 0 saturated heterocycles. The van der Waals surface area contributed by atoms with E-state index in [9.17, 15) is 19.2 Å². The number of carboxylic acids is 1. The second-order valence-electron chi connectivity index (χ2n) is 6.39. The molecule has 0 unspecified atom stereocenters. The van der Waals surface area contributed by atoms with Crippen LogP contribution in [0.4, 0.5) is 10.6 Å². The first-order chi connectivity index (χ1) is 14.4. The Kier molecular flexibility index (Phi) is 6.43. The number of hydrogen-bond donors (Lipinski definition) is 2. The normalized spacial score (nSPS) is 10.4. The average molecular weight is 409 g/mol. The summed E-state index contributed by atoms with van der Waals surface area (Å²) < 4.78 is 6.85. The zero-order valence-electron chi connectivity index (χ0n) is 15.9. The molecule has 0 spiro atoms. The van der Waals surface area contributed by atoms with Crippen molar-refractivity contribution in [2.45, 2.75) is 19.7 Å². The number of carboxylic acid groups (broad SMARTS) is 1. The summed E-state index contributed by atoms with van der Waals surface area (Å²) in [5, 5.41) is 11.4. The molecule has 2 aromatic carbocycles. The number of rotatable bonds is 7. The molecule has 1 aromatic heterocycles. The number of nitrogens with zero attached hydrogens (tertiary/aromatic N) is 2. The van der Waals surface area contributed by atoms with Gasteiger partial charge in [0.1, 0.15) is 19.0 Å². The van der Waals surface area contributed by atoms with E-state index in [0.29, 0.717) is 4.57 Å². The highest BCUT2D eigenvalue weighted by Crippen LogP contribution is 2.09. The highest BCUT2D eigenvalue weighted by atomic mass is 16.5. The van der Waals surface area contributed by atoms with E-state index in [0.717, 1.165) is 21.8 Å². The number of ether oxygens (including phenoxy) is 1. The fraction of sp³-hybridized carbons (Fsp3) is 0.143. The molecule has 0 aliphatic rings. The average Bonchev–Trinajstić information content (AvgIpc) is 2.74. The molecular weight excluding hydrogens is 390 g/mol. The zero-order valence-corrected chi connectivity index (χ0v) is 15.9.